The van der Waals surface area contributed by atoms with E-state index in [9.17, 15) is 13.6 Å². The minimum atomic E-state index is -2.92. The van der Waals surface area contributed by atoms with Gasteiger partial charge in [0, 0.05) is 19.2 Å². The van der Waals surface area contributed by atoms with Gasteiger partial charge in [0.2, 0.25) is 5.91 Å². The molecule has 1 amide bonds. The average molecular weight is 327 g/mol. The van der Waals surface area contributed by atoms with Crippen molar-refractivity contribution in [2.45, 2.75) is 25.6 Å². The lowest BCUT2D eigenvalue weighted by atomic mass is 10.2. The van der Waals surface area contributed by atoms with Crippen LogP contribution in [0.1, 0.15) is 18.4 Å². The van der Waals surface area contributed by atoms with E-state index >= 15 is 0 Å². The van der Waals surface area contributed by atoms with Gasteiger partial charge in [0.05, 0.1) is 13.2 Å². The molecule has 0 radical (unpaired) electrons. The summed E-state index contributed by atoms with van der Waals surface area (Å²) in [6, 6.07) is 4.45. The van der Waals surface area contributed by atoms with Crippen LogP contribution in [0, 0.1) is 0 Å². The highest BCUT2D eigenvalue weighted by molar-refractivity contribution is 5.91. The van der Waals surface area contributed by atoms with E-state index in [1.807, 2.05) is 0 Å². The summed E-state index contributed by atoms with van der Waals surface area (Å²) < 4.78 is 39.2. The van der Waals surface area contributed by atoms with E-state index in [4.69, 9.17) is 9.47 Å². The fourth-order valence-electron chi connectivity index (χ4n) is 2.23. The van der Waals surface area contributed by atoms with Gasteiger partial charge in [-0.2, -0.15) is 8.78 Å². The monoisotopic (exact) mass is 327 g/mol. The molecule has 0 aromatic heterocycles. The van der Waals surface area contributed by atoms with Crippen LogP contribution in [0.3, 0.4) is 0 Å². The van der Waals surface area contributed by atoms with Gasteiger partial charge >= 0.3 is 6.61 Å². The van der Waals surface area contributed by atoms with Gasteiger partial charge < -0.3 is 19.5 Å². The number of alkyl halides is 2. The molecule has 1 aliphatic heterocycles. The summed E-state index contributed by atoms with van der Waals surface area (Å²) in [5.74, 6) is -0.123. The second-order valence-corrected chi connectivity index (χ2v) is 5.00. The summed E-state index contributed by atoms with van der Waals surface area (Å²) in [6.45, 7) is -1.70. The number of benzene rings is 1. The van der Waals surface area contributed by atoms with Crippen LogP contribution in [0.25, 0.3) is 6.08 Å². The lowest BCUT2D eigenvalue weighted by Crippen LogP contribution is -2.30. The fourth-order valence-corrected chi connectivity index (χ4v) is 2.23. The normalized spacial score (nSPS) is 17.7. The Morgan fingerprint density at radius 2 is 2.30 bits per heavy atom. The maximum atomic E-state index is 12.2. The number of nitrogens with one attached hydrogen (secondary N) is 1. The van der Waals surface area contributed by atoms with Crippen molar-refractivity contribution >= 4 is 12.0 Å². The maximum Gasteiger partial charge on any atom is 0.387 e. The highest BCUT2D eigenvalue weighted by Crippen LogP contribution is 2.29. The van der Waals surface area contributed by atoms with Crippen molar-refractivity contribution in [2.75, 3.05) is 20.3 Å². The Kier molecular flexibility index (Phi) is 6.34. The summed E-state index contributed by atoms with van der Waals surface area (Å²) in [5.41, 5.74) is 0.635. The molecular weight excluding hydrogens is 308 g/mol. The Morgan fingerprint density at radius 3 is 2.96 bits per heavy atom. The lowest BCUT2D eigenvalue weighted by Gasteiger charge is -2.10. The van der Waals surface area contributed by atoms with E-state index in [1.165, 1.54) is 25.3 Å². The molecule has 1 heterocycles. The smallest absolute Gasteiger partial charge is 0.387 e. The SMILES string of the molecule is COc1cc(/C=C/C(=O)NCC2CCCO2)ccc1OC(F)F. The van der Waals surface area contributed by atoms with Gasteiger partial charge in [0.25, 0.3) is 0 Å². The van der Waals surface area contributed by atoms with Gasteiger partial charge in [-0.15, -0.1) is 0 Å². The Labute approximate surface area is 133 Å². The summed E-state index contributed by atoms with van der Waals surface area (Å²) in [5, 5.41) is 2.76. The Morgan fingerprint density at radius 1 is 1.48 bits per heavy atom. The summed E-state index contributed by atoms with van der Waals surface area (Å²) >= 11 is 0. The van der Waals surface area contributed by atoms with E-state index in [2.05, 4.69) is 10.1 Å². The molecule has 0 bridgehead atoms. The molecule has 1 saturated heterocycles. The van der Waals surface area contributed by atoms with Crippen molar-refractivity contribution in [2.24, 2.45) is 0 Å². The Balaban J connectivity index is 1.91. The summed E-state index contributed by atoms with van der Waals surface area (Å²) in [6.07, 6.45) is 4.99. The molecule has 7 heteroatoms. The van der Waals surface area contributed by atoms with Crippen molar-refractivity contribution in [3.63, 3.8) is 0 Å². The van der Waals surface area contributed by atoms with E-state index in [1.54, 1.807) is 12.1 Å². The molecule has 0 aliphatic carbocycles. The van der Waals surface area contributed by atoms with Gasteiger partial charge in [-0.05, 0) is 36.6 Å². The molecule has 1 unspecified atom stereocenters. The van der Waals surface area contributed by atoms with Crippen molar-refractivity contribution in [3.05, 3.63) is 29.8 Å². The largest absolute Gasteiger partial charge is 0.493 e. The number of amides is 1. The third kappa shape index (κ3) is 5.52. The van der Waals surface area contributed by atoms with Crippen LogP contribution in [-0.4, -0.2) is 38.9 Å². The van der Waals surface area contributed by atoms with E-state index in [0.29, 0.717) is 12.1 Å². The second kappa shape index (κ2) is 8.47. The van der Waals surface area contributed by atoms with Crippen LogP contribution < -0.4 is 14.8 Å². The third-order valence-electron chi connectivity index (χ3n) is 3.36. The number of rotatable bonds is 7. The second-order valence-electron chi connectivity index (χ2n) is 5.00. The van der Waals surface area contributed by atoms with Crippen LogP contribution in [-0.2, 0) is 9.53 Å². The third-order valence-corrected chi connectivity index (χ3v) is 3.36. The number of ether oxygens (including phenoxy) is 3. The molecule has 5 nitrogen and oxygen atoms in total. The predicted molar refractivity (Wildman–Crippen MR) is 80.6 cm³/mol. The number of hydrogen-bond donors (Lipinski definition) is 1. The van der Waals surface area contributed by atoms with Crippen LogP contribution in [0.2, 0.25) is 0 Å². The number of carbonyl (C=O) groups excluding carboxylic acids is 1. The summed E-state index contributed by atoms with van der Waals surface area (Å²) in [7, 11) is 1.36. The summed E-state index contributed by atoms with van der Waals surface area (Å²) in [4.78, 5) is 11.7. The highest BCUT2D eigenvalue weighted by atomic mass is 19.3. The van der Waals surface area contributed by atoms with Crippen molar-refractivity contribution in [1.29, 1.82) is 0 Å². The van der Waals surface area contributed by atoms with Crippen LogP contribution in [0.5, 0.6) is 11.5 Å². The van der Waals surface area contributed by atoms with Gasteiger partial charge in [-0.1, -0.05) is 6.07 Å². The molecule has 1 aromatic rings. The number of hydrogen-bond acceptors (Lipinski definition) is 4. The fraction of sp³-hybridized carbons (Fsp3) is 0.438. The molecule has 23 heavy (non-hydrogen) atoms. The molecule has 1 aromatic carbocycles. The number of carbonyl (C=O) groups is 1. The molecule has 1 aliphatic rings. The van der Waals surface area contributed by atoms with Gasteiger partial charge in [0.15, 0.2) is 11.5 Å². The average Bonchev–Trinajstić information content (AvgIpc) is 3.04. The molecule has 0 saturated carbocycles. The Bertz CT molecular complexity index is 557. The van der Waals surface area contributed by atoms with E-state index in [-0.39, 0.29) is 23.5 Å². The quantitative estimate of drug-likeness (QED) is 0.782. The molecule has 1 fully saturated rings. The van der Waals surface area contributed by atoms with Crippen molar-refractivity contribution in [1.82, 2.24) is 5.32 Å². The zero-order chi connectivity index (χ0) is 16.7. The van der Waals surface area contributed by atoms with Crippen molar-refractivity contribution in [3.8, 4) is 11.5 Å². The minimum Gasteiger partial charge on any atom is -0.493 e. The molecule has 1 atom stereocenters. The van der Waals surface area contributed by atoms with Gasteiger partial charge in [0.1, 0.15) is 0 Å². The first-order chi connectivity index (χ1) is 11.1. The topological polar surface area (TPSA) is 56.8 Å². The van der Waals surface area contributed by atoms with Gasteiger partial charge in [-0.25, -0.2) is 0 Å². The van der Waals surface area contributed by atoms with Crippen LogP contribution in [0.15, 0.2) is 24.3 Å². The Hall–Kier alpha value is -2.15. The number of halogens is 2. The molecular formula is C16H19F2NO4. The zero-order valence-corrected chi connectivity index (χ0v) is 12.8. The standard InChI is InChI=1S/C16H19F2NO4/c1-21-14-9-11(4-6-13(14)23-16(17)18)5-7-15(20)19-10-12-3-2-8-22-12/h4-7,9,12,16H,2-3,8,10H2,1H3,(H,19,20)/b7-5+. The van der Waals surface area contributed by atoms with E-state index < -0.39 is 6.61 Å². The van der Waals surface area contributed by atoms with E-state index in [0.717, 1.165) is 19.4 Å². The van der Waals surface area contributed by atoms with Crippen molar-refractivity contribution < 1.29 is 27.8 Å². The van der Waals surface area contributed by atoms with Crippen LogP contribution in [0.4, 0.5) is 8.78 Å². The van der Waals surface area contributed by atoms with Gasteiger partial charge in [-0.3, -0.25) is 4.79 Å². The lowest BCUT2D eigenvalue weighted by molar-refractivity contribution is -0.116. The molecule has 126 valence electrons. The molecule has 0 spiro atoms. The van der Waals surface area contributed by atoms with Crippen LogP contribution >= 0.6 is 0 Å². The molecule has 2 rings (SSSR count). The highest BCUT2D eigenvalue weighted by Gasteiger charge is 2.15. The first kappa shape index (κ1) is 17.2. The zero-order valence-electron chi connectivity index (χ0n) is 12.8. The predicted octanol–water partition coefficient (Wildman–Crippen LogP) is 2.61. The molecule has 1 N–H and O–H groups in total. The minimum absolute atomic E-state index is 0.0533. The first-order valence-corrected chi connectivity index (χ1v) is 7.29. The maximum absolute atomic E-state index is 12.2. The first-order valence-electron chi connectivity index (χ1n) is 7.29. The number of methoxy groups -OCH3 is 1.